The Balaban J connectivity index is 1.26. The lowest BCUT2D eigenvalue weighted by atomic mass is 9.70. The van der Waals surface area contributed by atoms with Crippen LogP contribution in [0.15, 0.2) is 179 Å². The summed E-state index contributed by atoms with van der Waals surface area (Å²) in [6.07, 6.45) is 37.9. The Morgan fingerprint density at radius 1 is 0.569 bits per heavy atom. The Morgan fingerprint density at radius 3 is 1.26 bits per heavy atom. The summed E-state index contributed by atoms with van der Waals surface area (Å²) in [4.78, 5) is 34.7. The van der Waals surface area contributed by atoms with Crippen LogP contribution in [0.2, 0.25) is 0 Å². The first kappa shape index (κ1) is 45.4. The van der Waals surface area contributed by atoms with E-state index in [0.29, 0.717) is 13.1 Å². The molecule has 2 N–H and O–H groups in total. The number of hydrogen-bond donors (Lipinski definition) is 2. The van der Waals surface area contributed by atoms with Crippen LogP contribution in [0.25, 0.3) is 0 Å². The number of rotatable bonds is 16. The number of nitrogens with one attached hydrogen (secondary N) is 2. The molecule has 0 aliphatic heterocycles. The highest BCUT2D eigenvalue weighted by Crippen LogP contribution is 2.41. The van der Waals surface area contributed by atoms with Crippen molar-refractivity contribution < 1.29 is 9.59 Å². The summed E-state index contributed by atoms with van der Waals surface area (Å²) in [5.41, 5.74) is 10.4. The van der Waals surface area contributed by atoms with Gasteiger partial charge in [-0.1, -0.05) is 135 Å². The van der Waals surface area contributed by atoms with Gasteiger partial charge in [-0.3, -0.25) is 19.6 Å². The van der Waals surface area contributed by atoms with E-state index in [2.05, 4.69) is 161 Å². The average Bonchev–Trinajstić information content (AvgIpc) is 3.18. The van der Waals surface area contributed by atoms with Crippen LogP contribution in [0.4, 0.5) is 0 Å². The molecule has 6 heteroatoms. The quantitative estimate of drug-likeness (QED) is 0.165. The molecule has 0 bridgehead atoms. The van der Waals surface area contributed by atoms with Gasteiger partial charge >= 0.3 is 0 Å². The number of ketones is 2. The molecule has 2 heterocycles. The highest BCUT2D eigenvalue weighted by Gasteiger charge is 2.38. The summed E-state index contributed by atoms with van der Waals surface area (Å²) in [6.45, 7) is 22.4. The Hall–Kier alpha value is -5.30. The van der Waals surface area contributed by atoms with E-state index in [1.807, 2.05) is 38.1 Å². The van der Waals surface area contributed by atoms with Gasteiger partial charge in [-0.2, -0.15) is 0 Å². The highest BCUT2D eigenvalue weighted by atomic mass is 16.1. The van der Waals surface area contributed by atoms with E-state index in [4.69, 9.17) is 0 Å². The molecule has 304 valence electrons. The van der Waals surface area contributed by atoms with Gasteiger partial charge in [-0.05, 0) is 123 Å². The topological polar surface area (TPSA) is 84.0 Å². The Morgan fingerprint density at radius 2 is 0.897 bits per heavy atom. The van der Waals surface area contributed by atoms with Gasteiger partial charge < -0.3 is 10.6 Å². The zero-order valence-electron chi connectivity index (χ0n) is 36.4. The van der Waals surface area contributed by atoms with E-state index in [-0.39, 0.29) is 34.5 Å². The van der Waals surface area contributed by atoms with E-state index in [9.17, 15) is 9.59 Å². The van der Waals surface area contributed by atoms with Crippen molar-refractivity contribution >= 4 is 11.6 Å². The molecule has 0 aromatic carbocycles. The molecule has 58 heavy (non-hydrogen) atoms. The molecule has 2 aromatic heterocycles. The molecule has 0 saturated carbocycles. The lowest BCUT2D eigenvalue weighted by Crippen LogP contribution is -2.44. The molecule has 0 spiro atoms. The van der Waals surface area contributed by atoms with E-state index in [0.717, 1.165) is 68.6 Å². The largest absolute Gasteiger partial charge is 0.303 e. The minimum Gasteiger partial charge on any atom is -0.303 e. The number of carbonyl (C=O) groups is 2. The zero-order valence-corrected chi connectivity index (χ0v) is 36.4. The van der Waals surface area contributed by atoms with Gasteiger partial charge in [0.2, 0.25) is 0 Å². The first-order valence-corrected chi connectivity index (χ1v) is 20.4. The first-order chi connectivity index (χ1) is 27.6. The standard InChI is InChI=1S/C52H64N4O2/c1-37(17-13-19-39(3)21-23-45-41(5)49(57)47(33-51(45,7)8)55-35-43-25-29-53-30-26-43)15-11-12-16-38(2)18-14-20-40(4)22-24-46-42(6)50(58)48(34-52(46,9)10)56-36-44-27-31-54-32-28-44/h11-32,47-48,55-56H,33-36H2,1-10H3/b12-11+,17-13+,18-14+,23-21+,24-22+,37-15+,38-16+,39-19+,40-20+. The molecule has 4 rings (SSSR count). The fraction of sp³-hybridized carbons (Fsp3) is 0.346. The second kappa shape index (κ2) is 21.5. The third-order valence-corrected chi connectivity index (χ3v) is 11.0. The molecule has 2 unspecified atom stereocenters. The molecule has 2 aromatic rings. The van der Waals surface area contributed by atoms with Gasteiger partial charge in [-0.25, -0.2) is 0 Å². The summed E-state index contributed by atoms with van der Waals surface area (Å²) in [6, 6.07) is 7.51. The zero-order chi connectivity index (χ0) is 42.3. The Bertz CT molecular complexity index is 1960. The van der Waals surface area contributed by atoms with Gasteiger partial charge in [-0.15, -0.1) is 0 Å². The van der Waals surface area contributed by atoms with Crippen molar-refractivity contribution in [3.05, 3.63) is 190 Å². The summed E-state index contributed by atoms with van der Waals surface area (Å²) in [7, 11) is 0. The number of carbonyl (C=O) groups excluding carboxylic acids is 2. The lowest BCUT2D eigenvalue weighted by Gasteiger charge is -2.37. The van der Waals surface area contributed by atoms with E-state index < -0.39 is 0 Å². The van der Waals surface area contributed by atoms with E-state index >= 15 is 0 Å². The molecule has 0 amide bonds. The second-order valence-electron chi connectivity index (χ2n) is 17.0. The van der Waals surface area contributed by atoms with Crippen molar-refractivity contribution in [2.24, 2.45) is 10.8 Å². The third kappa shape index (κ3) is 13.7. The maximum Gasteiger partial charge on any atom is 0.175 e. The molecule has 2 aliphatic rings. The van der Waals surface area contributed by atoms with Crippen molar-refractivity contribution in [2.75, 3.05) is 0 Å². The Kier molecular flexibility index (Phi) is 16.8. The highest BCUT2D eigenvalue weighted by molar-refractivity contribution is 6.02. The summed E-state index contributed by atoms with van der Waals surface area (Å²) in [5.74, 6) is 0.348. The smallest absolute Gasteiger partial charge is 0.175 e. The number of pyridine rings is 2. The van der Waals surface area contributed by atoms with Crippen LogP contribution in [0.1, 0.15) is 93.2 Å². The number of nitrogens with zero attached hydrogens (tertiary/aromatic N) is 2. The molecule has 2 atom stereocenters. The van der Waals surface area contributed by atoms with Crippen LogP contribution >= 0.6 is 0 Å². The summed E-state index contributed by atoms with van der Waals surface area (Å²) < 4.78 is 0. The van der Waals surface area contributed by atoms with Gasteiger partial charge in [0.1, 0.15) is 0 Å². The number of hydrogen-bond acceptors (Lipinski definition) is 6. The van der Waals surface area contributed by atoms with Crippen LogP contribution in [-0.4, -0.2) is 33.6 Å². The van der Waals surface area contributed by atoms with Gasteiger partial charge in [0.05, 0.1) is 12.1 Å². The number of allylic oxidation sites excluding steroid dienone is 20. The molecule has 2 aliphatic carbocycles. The molecule has 0 fully saturated rings. The minimum atomic E-state index is -0.196. The summed E-state index contributed by atoms with van der Waals surface area (Å²) >= 11 is 0. The van der Waals surface area contributed by atoms with Gasteiger partial charge in [0.15, 0.2) is 11.6 Å². The van der Waals surface area contributed by atoms with Crippen LogP contribution in [0.3, 0.4) is 0 Å². The fourth-order valence-electron chi connectivity index (χ4n) is 7.51. The SMILES string of the molecule is CC1=C(/C=C/C(C)=C/C=C/C(C)=C/C=C/C=C(C)/C=C/C=C(C)/C=C/C2=C(C)C(=O)C(NCc3ccncc3)CC2(C)C)C(C)(C)CC(NCc2ccncc2)C1=O. The first-order valence-electron chi connectivity index (χ1n) is 20.4. The van der Waals surface area contributed by atoms with Crippen molar-refractivity contribution in [1.82, 2.24) is 20.6 Å². The number of Topliss-reactive ketones (excluding diaryl/α,β-unsaturated/α-hetero) is 2. The van der Waals surface area contributed by atoms with Crippen molar-refractivity contribution in [2.45, 2.75) is 107 Å². The molecular formula is C52H64N4O2. The van der Waals surface area contributed by atoms with Crippen LogP contribution in [0.5, 0.6) is 0 Å². The normalized spacial score (nSPS) is 21.3. The maximum atomic E-state index is 13.3. The monoisotopic (exact) mass is 777 g/mol. The van der Waals surface area contributed by atoms with Crippen LogP contribution < -0.4 is 10.6 Å². The van der Waals surface area contributed by atoms with Crippen molar-refractivity contribution in [1.29, 1.82) is 0 Å². The van der Waals surface area contributed by atoms with Crippen LogP contribution in [0, 0.1) is 10.8 Å². The van der Waals surface area contributed by atoms with E-state index in [1.165, 1.54) is 0 Å². The predicted octanol–water partition coefficient (Wildman–Crippen LogP) is 11.3. The fourth-order valence-corrected chi connectivity index (χ4v) is 7.51. The molecule has 0 saturated heterocycles. The second-order valence-corrected chi connectivity index (χ2v) is 17.0. The Labute approximate surface area is 348 Å². The predicted molar refractivity (Wildman–Crippen MR) is 243 cm³/mol. The van der Waals surface area contributed by atoms with E-state index in [1.54, 1.807) is 24.8 Å². The lowest BCUT2D eigenvalue weighted by molar-refractivity contribution is -0.119. The minimum absolute atomic E-state index is 0.125. The molecular weight excluding hydrogens is 713 g/mol. The van der Waals surface area contributed by atoms with Gasteiger partial charge in [0.25, 0.3) is 0 Å². The van der Waals surface area contributed by atoms with Crippen molar-refractivity contribution in [3.63, 3.8) is 0 Å². The molecule has 6 nitrogen and oxygen atoms in total. The number of aromatic nitrogens is 2. The average molecular weight is 777 g/mol. The molecule has 0 radical (unpaired) electrons. The van der Waals surface area contributed by atoms with Crippen LogP contribution in [-0.2, 0) is 22.7 Å². The third-order valence-electron chi connectivity index (χ3n) is 11.0. The van der Waals surface area contributed by atoms with Gasteiger partial charge in [0, 0.05) is 37.9 Å². The summed E-state index contributed by atoms with van der Waals surface area (Å²) in [5, 5.41) is 6.94. The van der Waals surface area contributed by atoms with Crippen molar-refractivity contribution in [3.8, 4) is 0 Å². The maximum absolute atomic E-state index is 13.3.